The van der Waals surface area contributed by atoms with Crippen LogP contribution in [0.15, 0.2) is 27.4 Å². The molecule has 6 nitrogen and oxygen atoms in total. The number of amides is 1. The molecule has 1 aliphatic rings. The number of rotatable bonds is 5. The van der Waals surface area contributed by atoms with Crippen LogP contribution in [0.5, 0.6) is 0 Å². The van der Waals surface area contributed by atoms with E-state index in [2.05, 4.69) is 0 Å². The van der Waals surface area contributed by atoms with Crippen LogP contribution in [0, 0.1) is 13.8 Å². The van der Waals surface area contributed by atoms with E-state index in [0.29, 0.717) is 11.1 Å². The molecule has 0 bridgehead atoms. The molecule has 6 heteroatoms. The number of benzene rings is 1. The van der Waals surface area contributed by atoms with Gasteiger partial charge in [0.05, 0.1) is 0 Å². The number of aryl methyl sites for hydroxylation is 2. The number of fused-ring (bicyclic) bond motifs is 1. The molecule has 0 N–H and O–H groups in total. The molecule has 2 aromatic rings. The van der Waals surface area contributed by atoms with Crippen LogP contribution in [0.3, 0.4) is 0 Å². The van der Waals surface area contributed by atoms with Crippen molar-refractivity contribution in [2.45, 2.75) is 52.6 Å². The Labute approximate surface area is 158 Å². The van der Waals surface area contributed by atoms with Crippen molar-refractivity contribution in [2.75, 3.05) is 13.1 Å². The van der Waals surface area contributed by atoms with Crippen molar-refractivity contribution in [3.05, 3.63) is 45.3 Å². The standard InChI is InChI=1S/C21H25NO5/c1-13-6-7-16-14(2)17(21(25)27-18(16)12-13)8-9-19(23)26-15(3)20(24)22-10-4-5-11-22/h6-7,12,15H,4-5,8-11H2,1-3H3/t15-/m1/s1. The summed E-state index contributed by atoms with van der Waals surface area (Å²) in [6.07, 6.45) is 1.43. The first-order chi connectivity index (χ1) is 12.9. The molecule has 0 aliphatic carbocycles. The molecule has 1 aromatic heterocycles. The van der Waals surface area contributed by atoms with Gasteiger partial charge in [0, 0.05) is 30.5 Å². The fraction of sp³-hybridized carbons (Fsp3) is 0.476. The van der Waals surface area contributed by atoms with Crippen molar-refractivity contribution in [1.29, 1.82) is 0 Å². The van der Waals surface area contributed by atoms with Crippen molar-refractivity contribution in [2.24, 2.45) is 0 Å². The molecule has 2 heterocycles. The lowest BCUT2D eigenvalue weighted by Gasteiger charge is -2.20. The number of carbonyl (C=O) groups excluding carboxylic acids is 2. The minimum Gasteiger partial charge on any atom is -0.453 e. The Balaban J connectivity index is 1.65. The quantitative estimate of drug-likeness (QED) is 0.597. The number of carbonyl (C=O) groups is 2. The molecule has 1 fully saturated rings. The largest absolute Gasteiger partial charge is 0.453 e. The van der Waals surface area contributed by atoms with Crippen LogP contribution in [-0.2, 0) is 20.7 Å². The van der Waals surface area contributed by atoms with E-state index in [0.717, 1.165) is 42.4 Å². The Kier molecular flexibility index (Phi) is 5.63. The van der Waals surface area contributed by atoms with Crippen molar-refractivity contribution in [3.8, 4) is 0 Å². The summed E-state index contributed by atoms with van der Waals surface area (Å²) < 4.78 is 10.7. The maximum absolute atomic E-state index is 12.3. The van der Waals surface area contributed by atoms with Gasteiger partial charge in [-0.25, -0.2) is 4.79 Å². The lowest BCUT2D eigenvalue weighted by molar-refractivity contribution is -0.158. The molecule has 144 valence electrons. The third-order valence-corrected chi connectivity index (χ3v) is 5.10. The van der Waals surface area contributed by atoms with Gasteiger partial charge in [-0.1, -0.05) is 12.1 Å². The summed E-state index contributed by atoms with van der Waals surface area (Å²) in [7, 11) is 0. The van der Waals surface area contributed by atoms with Gasteiger partial charge in [-0.3, -0.25) is 9.59 Å². The number of esters is 1. The molecule has 0 spiro atoms. The van der Waals surface area contributed by atoms with Crippen molar-refractivity contribution < 1.29 is 18.7 Å². The predicted octanol–water partition coefficient (Wildman–Crippen LogP) is 2.90. The second kappa shape index (κ2) is 7.94. The van der Waals surface area contributed by atoms with Crippen LogP contribution in [0.25, 0.3) is 11.0 Å². The fourth-order valence-electron chi connectivity index (χ4n) is 3.52. The van der Waals surface area contributed by atoms with E-state index in [1.54, 1.807) is 11.8 Å². The first kappa shape index (κ1) is 19.1. The zero-order valence-electron chi connectivity index (χ0n) is 16.0. The van der Waals surface area contributed by atoms with Crippen molar-refractivity contribution >= 4 is 22.8 Å². The van der Waals surface area contributed by atoms with E-state index in [9.17, 15) is 14.4 Å². The van der Waals surface area contributed by atoms with Gasteiger partial charge < -0.3 is 14.1 Å². The molecule has 1 saturated heterocycles. The van der Waals surface area contributed by atoms with Crippen molar-refractivity contribution in [1.82, 2.24) is 4.90 Å². The highest BCUT2D eigenvalue weighted by Gasteiger charge is 2.26. The predicted molar refractivity (Wildman–Crippen MR) is 102 cm³/mol. The fourth-order valence-corrected chi connectivity index (χ4v) is 3.52. The average molecular weight is 371 g/mol. The van der Waals surface area contributed by atoms with Gasteiger partial charge in [0.15, 0.2) is 6.10 Å². The van der Waals surface area contributed by atoms with E-state index in [1.165, 1.54) is 0 Å². The van der Waals surface area contributed by atoms with Crippen LogP contribution < -0.4 is 5.63 Å². The van der Waals surface area contributed by atoms with Crippen LogP contribution in [0.4, 0.5) is 0 Å². The molecule has 27 heavy (non-hydrogen) atoms. The van der Waals surface area contributed by atoms with E-state index in [-0.39, 0.29) is 18.7 Å². The van der Waals surface area contributed by atoms with Crippen LogP contribution in [0.1, 0.15) is 42.9 Å². The lowest BCUT2D eigenvalue weighted by atomic mass is 10.0. The number of hydrogen-bond donors (Lipinski definition) is 0. The summed E-state index contributed by atoms with van der Waals surface area (Å²) in [6.45, 7) is 6.82. The van der Waals surface area contributed by atoms with Gasteiger partial charge in [0.2, 0.25) is 0 Å². The smallest absolute Gasteiger partial charge is 0.339 e. The zero-order valence-corrected chi connectivity index (χ0v) is 16.0. The third-order valence-electron chi connectivity index (χ3n) is 5.10. The summed E-state index contributed by atoms with van der Waals surface area (Å²) in [5, 5.41) is 0.862. The molecule has 1 aliphatic heterocycles. The SMILES string of the molecule is Cc1ccc2c(C)c(CCC(=O)O[C@H](C)C(=O)N3CCCC3)c(=O)oc2c1. The van der Waals surface area contributed by atoms with Gasteiger partial charge in [-0.05, 0) is 57.2 Å². The molecular weight excluding hydrogens is 346 g/mol. The summed E-state index contributed by atoms with van der Waals surface area (Å²) >= 11 is 0. The number of hydrogen-bond acceptors (Lipinski definition) is 5. The van der Waals surface area contributed by atoms with E-state index < -0.39 is 17.7 Å². The molecule has 1 amide bonds. The number of ether oxygens (including phenoxy) is 1. The topological polar surface area (TPSA) is 76.8 Å². The highest BCUT2D eigenvalue weighted by molar-refractivity contribution is 5.84. The second-order valence-electron chi connectivity index (χ2n) is 7.16. The number of likely N-dealkylation sites (tertiary alicyclic amines) is 1. The highest BCUT2D eigenvalue weighted by atomic mass is 16.5. The Morgan fingerprint density at radius 2 is 1.93 bits per heavy atom. The van der Waals surface area contributed by atoms with Crippen LogP contribution in [0.2, 0.25) is 0 Å². The molecule has 3 rings (SSSR count). The average Bonchev–Trinajstić information content (AvgIpc) is 3.15. The Morgan fingerprint density at radius 3 is 2.63 bits per heavy atom. The second-order valence-corrected chi connectivity index (χ2v) is 7.16. The Bertz CT molecular complexity index is 924. The van der Waals surface area contributed by atoms with Crippen molar-refractivity contribution in [3.63, 3.8) is 0 Å². The number of nitrogens with zero attached hydrogens (tertiary/aromatic N) is 1. The Hall–Kier alpha value is -2.63. The molecule has 1 aromatic carbocycles. The normalized spacial score (nSPS) is 15.1. The zero-order chi connectivity index (χ0) is 19.6. The molecule has 0 saturated carbocycles. The van der Waals surface area contributed by atoms with E-state index in [4.69, 9.17) is 9.15 Å². The highest BCUT2D eigenvalue weighted by Crippen LogP contribution is 2.21. The van der Waals surface area contributed by atoms with Gasteiger partial charge in [0.1, 0.15) is 5.58 Å². The first-order valence-corrected chi connectivity index (χ1v) is 9.38. The molecule has 1 atom stereocenters. The minimum atomic E-state index is -0.798. The Morgan fingerprint density at radius 1 is 1.22 bits per heavy atom. The van der Waals surface area contributed by atoms with Gasteiger partial charge in [-0.2, -0.15) is 0 Å². The summed E-state index contributed by atoms with van der Waals surface area (Å²) in [6, 6.07) is 5.70. The maximum atomic E-state index is 12.3. The summed E-state index contributed by atoms with van der Waals surface area (Å²) in [4.78, 5) is 38.4. The van der Waals surface area contributed by atoms with Gasteiger partial charge in [-0.15, -0.1) is 0 Å². The van der Waals surface area contributed by atoms with Crippen LogP contribution in [-0.4, -0.2) is 36.0 Å². The summed E-state index contributed by atoms with van der Waals surface area (Å²) in [5.41, 5.74) is 2.42. The monoisotopic (exact) mass is 371 g/mol. The van der Waals surface area contributed by atoms with E-state index in [1.807, 2.05) is 32.0 Å². The van der Waals surface area contributed by atoms with E-state index >= 15 is 0 Å². The minimum absolute atomic E-state index is 0.0284. The molecule has 0 unspecified atom stereocenters. The summed E-state index contributed by atoms with van der Waals surface area (Å²) in [5.74, 6) is -0.643. The molecular formula is C21H25NO5. The molecule has 0 radical (unpaired) electrons. The van der Waals surface area contributed by atoms with Gasteiger partial charge in [0.25, 0.3) is 5.91 Å². The first-order valence-electron chi connectivity index (χ1n) is 9.38. The lowest BCUT2D eigenvalue weighted by Crippen LogP contribution is -2.38. The third kappa shape index (κ3) is 4.21. The maximum Gasteiger partial charge on any atom is 0.339 e. The van der Waals surface area contributed by atoms with Crippen LogP contribution >= 0.6 is 0 Å². The van der Waals surface area contributed by atoms with Gasteiger partial charge >= 0.3 is 11.6 Å².